The maximum atomic E-state index is 10.6. The van der Waals surface area contributed by atoms with E-state index in [2.05, 4.69) is 9.97 Å². The first kappa shape index (κ1) is 12.0. The SMILES string of the molecule is O=C(O)c1ccc(OCCc2ccncc2)cn1. The van der Waals surface area contributed by atoms with Crippen LogP contribution in [-0.4, -0.2) is 27.7 Å². The molecule has 2 aromatic heterocycles. The van der Waals surface area contributed by atoms with Crippen molar-refractivity contribution in [3.05, 3.63) is 54.1 Å². The highest BCUT2D eigenvalue weighted by molar-refractivity contribution is 5.85. The molecule has 0 spiro atoms. The number of rotatable bonds is 5. The quantitative estimate of drug-likeness (QED) is 0.868. The summed E-state index contributed by atoms with van der Waals surface area (Å²) < 4.78 is 5.47. The van der Waals surface area contributed by atoms with E-state index in [4.69, 9.17) is 9.84 Å². The van der Waals surface area contributed by atoms with Crippen molar-refractivity contribution in [1.82, 2.24) is 9.97 Å². The van der Waals surface area contributed by atoms with Gasteiger partial charge in [0.25, 0.3) is 0 Å². The summed E-state index contributed by atoms with van der Waals surface area (Å²) in [5.74, 6) is -0.479. The second kappa shape index (κ2) is 5.77. The maximum Gasteiger partial charge on any atom is 0.354 e. The molecule has 0 aliphatic carbocycles. The van der Waals surface area contributed by atoms with E-state index in [9.17, 15) is 4.79 Å². The molecule has 2 heterocycles. The average molecular weight is 244 g/mol. The Balaban J connectivity index is 1.85. The van der Waals surface area contributed by atoms with Gasteiger partial charge >= 0.3 is 5.97 Å². The molecule has 0 atom stereocenters. The van der Waals surface area contributed by atoms with Gasteiger partial charge in [0.1, 0.15) is 11.4 Å². The number of carboxylic acid groups (broad SMARTS) is 1. The van der Waals surface area contributed by atoms with Crippen molar-refractivity contribution < 1.29 is 14.6 Å². The van der Waals surface area contributed by atoms with Crippen LogP contribution in [0.3, 0.4) is 0 Å². The fraction of sp³-hybridized carbons (Fsp3) is 0.154. The molecule has 0 aliphatic rings. The van der Waals surface area contributed by atoms with Crippen molar-refractivity contribution in [2.24, 2.45) is 0 Å². The Labute approximate surface area is 104 Å². The molecule has 0 aromatic carbocycles. The zero-order valence-corrected chi connectivity index (χ0v) is 9.61. The highest BCUT2D eigenvalue weighted by Gasteiger charge is 2.03. The summed E-state index contributed by atoms with van der Waals surface area (Å²) in [6.45, 7) is 0.512. The Morgan fingerprint density at radius 1 is 1.22 bits per heavy atom. The van der Waals surface area contributed by atoms with Crippen LogP contribution < -0.4 is 4.74 Å². The number of hydrogen-bond acceptors (Lipinski definition) is 4. The highest BCUT2D eigenvalue weighted by Crippen LogP contribution is 2.10. The van der Waals surface area contributed by atoms with Gasteiger partial charge in [-0.3, -0.25) is 4.98 Å². The van der Waals surface area contributed by atoms with E-state index in [0.717, 1.165) is 12.0 Å². The first-order valence-electron chi connectivity index (χ1n) is 5.47. The van der Waals surface area contributed by atoms with E-state index in [1.54, 1.807) is 18.5 Å². The fourth-order valence-electron chi connectivity index (χ4n) is 1.43. The summed E-state index contributed by atoms with van der Waals surface area (Å²) in [7, 11) is 0. The lowest BCUT2D eigenvalue weighted by Gasteiger charge is -2.05. The summed E-state index contributed by atoms with van der Waals surface area (Å²) in [6.07, 6.45) is 5.65. The summed E-state index contributed by atoms with van der Waals surface area (Å²) in [4.78, 5) is 18.3. The average Bonchev–Trinajstić information content (AvgIpc) is 2.40. The molecular formula is C13H12N2O3. The minimum atomic E-state index is -1.04. The lowest BCUT2D eigenvalue weighted by molar-refractivity contribution is 0.0690. The largest absolute Gasteiger partial charge is 0.492 e. The standard InChI is InChI=1S/C13H12N2O3/c16-13(17)12-2-1-11(9-15-12)18-8-5-10-3-6-14-7-4-10/h1-4,6-7,9H,5,8H2,(H,16,17). The van der Waals surface area contributed by atoms with Gasteiger partial charge in [0.2, 0.25) is 0 Å². The van der Waals surface area contributed by atoms with Crippen LogP contribution in [0.15, 0.2) is 42.9 Å². The third-order valence-electron chi connectivity index (χ3n) is 2.36. The van der Waals surface area contributed by atoms with Crippen LogP contribution in [-0.2, 0) is 6.42 Å². The summed E-state index contributed by atoms with van der Waals surface area (Å²) in [5, 5.41) is 8.69. The Bertz CT molecular complexity index is 512. The molecule has 0 aliphatic heterocycles. The summed E-state index contributed by atoms with van der Waals surface area (Å²) >= 11 is 0. The van der Waals surface area contributed by atoms with Gasteiger partial charge < -0.3 is 9.84 Å². The van der Waals surface area contributed by atoms with Gasteiger partial charge in [-0.1, -0.05) is 0 Å². The van der Waals surface area contributed by atoms with E-state index in [1.807, 2.05) is 12.1 Å². The highest BCUT2D eigenvalue weighted by atomic mass is 16.5. The van der Waals surface area contributed by atoms with Crippen LogP contribution >= 0.6 is 0 Å². The van der Waals surface area contributed by atoms with Crippen molar-refractivity contribution in [3.63, 3.8) is 0 Å². The first-order chi connectivity index (χ1) is 8.75. The van der Waals surface area contributed by atoms with Gasteiger partial charge in [-0.25, -0.2) is 9.78 Å². The second-order valence-corrected chi connectivity index (χ2v) is 3.64. The molecule has 0 radical (unpaired) electrons. The number of aromatic nitrogens is 2. The molecule has 0 unspecified atom stereocenters. The van der Waals surface area contributed by atoms with Gasteiger partial charge in [0, 0.05) is 18.8 Å². The number of ether oxygens (including phenoxy) is 1. The molecular weight excluding hydrogens is 232 g/mol. The Morgan fingerprint density at radius 2 is 2.00 bits per heavy atom. The van der Waals surface area contributed by atoms with Gasteiger partial charge in [-0.15, -0.1) is 0 Å². The number of nitrogens with zero attached hydrogens (tertiary/aromatic N) is 2. The predicted molar refractivity (Wildman–Crippen MR) is 64.6 cm³/mol. The van der Waals surface area contributed by atoms with E-state index in [-0.39, 0.29) is 5.69 Å². The lowest BCUT2D eigenvalue weighted by Crippen LogP contribution is -2.03. The topological polar surface area (TPSA) is 72.3 Å². The minimum Gasteiger partial charge on any atom is -0.492 e. The first-order valence-corrected chi connectivity index (χ1v) is 5.47. The van der Waals surface area contributed by atoms with E-state index in [0.29, 0.717) is 12.4 Å². The minimum absolute atomic E-state index is 0.0106. The Morgan fingerprint density at radius 3 is 2.61 bits per heavy atom. The molecule has 0 amide bonds. The normalized spacial score (nSPS) is 10.0. The molecule has 1 N–H and O–H groups in total. The molecule has 0 saturated heterocycles. The van der Waals surface area contributed by atoms with Crippen LogP contribution in [0.4, 0.5) is 0 Å². The van der Waals surface area contributed by atoms with Gasteiger partial charge in [0.05, 0.1) is 12.8 Å². The molecule has 0 saturated carbocycles. The van der Waals surface area contributed by atoms with Crippen LogP contribution in [0.5, 0.6) is 5.75 Å². The van der Waals surface area contributed by atoms with Crippen molar-refractivity contribution in [2.45, 2.75) is 6.42 Å². The third-order valence-corrected chi connectivity index (χ3v) is 2.36. The molecule has 18 heavy (non-hydrogen) atoms. The maximum absolute atomic E-state index is 10.6. The lowest BCUT2D eigenvalue weighted by atomic mass is 10.2. The number of pyridine rings is 2. The van der Waals surface area contributed by atoms with Crippen LogP contribution in [0, 0.1) is 0 Å². The van der Waals surface area contributed by atoms with E-state index < -0.39 is 5.97 Å². The van der Waals surface area contributed by atoms with Crippen molar-refractivity contribution in [3.8, 4) is 5.75 Å². The zero-order chi connectivity index (χ0) is 12.8. The van der Waals surface area contributed by atoms with Crippen molar-refractivity contribution >= 4 is 5.97 Å². The monoisotopic (exact) mass is 244 g/mol. The molecule has 5 heteroatoms. The Kier molecular flexibility index (Phi) is 3.86. The van der Waals surface area contributed by atoms with Gasteiger partial charge in [0.15, 0.2) is 0 Å². The third kappa shape index (κ3) is 3.28. The summed E-state index contributed by atoms with van der Waals surface area (Å²) in [5.41, 5.74) is 1.15. The molecule has 2 rings (SSSR count). The number of hydrogen-bond donors (Lipinski definition) is 1. The van der Waals surface area contributed by atoms with Crippen molar-refractivity contribution in [2.75, 3.05) is 6.61 Å². The molecule has 0 fully saturated rings. The van der Waals surface area contributed by atoms with Gasteiger partial charge in [-0.05, 0) is 29.8 Å². The zero-order valence-electron chi connectivity index (χ0n) is 9.61. The van der Waals surface area contributed by atoms with E-state index in [1.165, 1.54) is 12.3 Å². The number of aromatic carboxylic acids is 1. The number of carbonyl (C=O) groups is 1. The smallest absolute Gasteiger partial charge is 0.354 e. The van der Waals surface area contributed by atoms with Crippen LogP contribution in [0.25, 0.3) is 0 Å². The van der Waals surface area contributed by atoms with Crippen molar-refractivity contribution in [1.29, 1.82) is 0 Å². The molecule has 2 aromatic rings. The predicted octanol–water partition coefficient (Wildman–Crippen LogP) is 1.80. The van der Waals surface area contributed by atoms with Gasteiger partial charge in [-0.2, -0.15) is 0 Å². The Hall–Kier alpha value is -2.43. The van der Waals surface area contributed by atoms with Crippen LogP contribution in [0.1, 0.15) is 16.1 Å². The second-order valence-electron chi connectivity index (χ2n) is 3.64. The summed E-state index contributed by atoms with van der Waals surface area (Å²) in [6, 6.07) is 6.87. The molecule has 0 bridgehead atoms. The fourth-order valence-corrected chi connectivity index (χ4v) is 1.43. The molecule has 5 nitrogen and oxygen atoms in total. The molecule has 92 valence electrons. The van der Waals surface area contributed by atoms with E-state index >= 15 is 0 Å². The number of carboxylic acids is 1. The van der Waals surface area contributed by atoms with Crippen LogP contribution in [0.2, 0.25) is 0 Å².